The summed E-state index contributed by atoms with van der Waals surface area (Å²) >= 11 is 5.64. The van der Waals surface area contributed by atoms with Gasteiger partial charge in [-0.05, 0) is 30.7 Å². The summed E-state index contributed by atoms with van der Waals surface area (Å²) in [4.78, 5) is 0. The van der Waals surface area contributed by atoms with Crippen molar-refractivity contribution in [1.29, 1.82) is 0 Å². The van der Waals surface area contributed by atoms with Crippen LogP contribution in [0.2, 0.25) is 5.02 Å². The molecule has 0 radical (unpaired) electrons. The van der Waals surface area contributed by atoms with E-state index in [1.165, 1.54) is 24.3 Å². The fourth-order valence-electron chi connectivity index (χ4n) is 1.58. The standard InChI is InChI=1S/C14H12ClF2NO/c1-8-4-14(12(17)6-13(8)18)19-7-9-2-3-10(15)5-11(9)16/h2-6H,7,18H2,1H3. The number of nitrogens with two attached hydrogens (primary N) is 1. The van der Waals surface area contributed by atoms with E-state index in [0.717, 1.165) is 0 Å². The summed E-state index contributed by atoms with van der Waals surface area (Å²) in [6, 6.07) is 6.90. The number of hydrogen-bond acceptors (Lipinski definition) is 2. The molecule has 2 rings (SSSR count). The lowest BCUT2D eigenvalue weighted by atomic mass is 10.2. The zero-order chi connectivity index (χ0) is 14.0. The first-order chi connectivity index (χ1) is 8.97. The van der Waals surface area contributed by atoms with Gasteiger partial charge in [-0.1, -0.05) is 17.7 Å². The number of halogens is 3. The van der Waals surface area contributed by atoms with Gasteiger partial charge in [-0.25, -0.2) is 8.78 Å². The molecular weight excluding hydrogens is 272 g/mol. The molecule has 100 valence electrons. The molecule has 0 aromatic heterocycles. The molecule has 0 unspecified atom stereocenters. The van der Waals surface area contributed by atoms with Gasteiger partial charge in [-0.15, -0.1) is 0 Å². The second kappa shape index (κ2) is 5.45. The summed E-state index contributed by atoms with van der Waals surface area (Å²) in [6.07, 6.45) is 0. The summed E-state index contributed by atoms with van der Waals surface area (Å²) in [6.45, 7) is 1.66. The average Bonchev–Trinajstić information content (AvgIpc) is 2.34. The highest BCUT2D eigenvalue weighted by atomic mass is 35.5. The third-order valence-corrected chi connectivity index (χ3v) is 2.95. The van der Waals surface area contributed by atoms with E-state index in [9.17, 15) is 8.78 Å². The summed E-state index contributed by atoms with van der Waals surface area (Å²) in [7, 11) is 0. The van der Waals surface area contributed by atoms with Crippen LogP contribution in [0.5, 0.6) is 5.75 Å². The van der Waals surface area contributed by atoms with Crippen molar-refractivity contribution in [3.63, 3.8) is 0 Å². The maximum absolute atomic E-state index is 13.6. The lowest BCUT2D eigenvalue weighted by Crippen LogP contribution is -2.01. The average molecular weight is 284 g/mol. The normalized spacial score (nSPS) is 10.5. The van der Waals surface area contributed by atoms with Gasteiger partial charge < -0.3 is 10.5 Å². The number of rotatable bonds is 3. The summed E-state index contributed by atoms with van der Waals surface area (Å²) in [5.74, 6) is -1.02. The van der Waals surface area contributed by atoms with Crippen molar-refractivity contribution < 1.29 is 13.5 Å². The van der Waals surface area contributed by atoms with E-state index in [2.05, 4.69) is 0 Å². The van der Waals surface area contributed by atoms with Crippen molar-refractivity contribution in [2.24, 2.45) is 0 Å². The largest absolute Gasteiger partial charge is 0.486 e. The molecule has 5 heteroatoms. The molecule has 0 fully saturated rings. The molecule has 0 saturated heterocycles. The van der Waals surface area contributed by atoms with E-state index in [1.54, 1.807) is 13.0 Å². The van der Waals surface area contributed by atoms with Gasteiger partial charge in [0.05, 0.1) is 0 Å². The highest BCUT2D eigenvalue weighted by molar-refractivity contribution is 6.30. The van der Waals surface area contributed by atoms with Crippen LogP contribution < -0.4 is 10.5 Å². The van der Waals surface area contributed by atoms with Gasteiger partial charge in [0, 0.05) is 22.3 Å². The Hall–Kier alpha value is -1.81. The third-order valence-electron chi connectivity index (χ3n) is 2.72. The van der Waals surface area contributed by atoms with Gasteiger partial charge in [0.25, 0.3) is 0 Å². The number of nitrogen functional groups attached to an aromatic ring is 1. The number of ether oxygens (including phenoxy) is 1. The number of anilines is 1. The molecule has 0 amide bonds. The van der Waals surface area contributed by atoms with Crippen LogP contribution in [-0.2, 0) is 6.61 Å². The molecule has 2 aromatic carbocycles. The fourth-order valence-corrected chi connectivity index (χ4v) is 1.73. The Bertz CT molecular complexity index is 617. The van der Waals surface area contributed by atoms with E-state index in [-0.39, 0.29) is 12.4 Å². The minimum Gasteiger partial charge on any atom is -0.486 e. The molecule has 0 aliphatic carbocycles. The zero-order valence-electron chi connectivity index (χ0n) is 10.2. The summed E-state index contributed by atoms with van der Waals surface area (Å²) < 4.78 is 32.4. The first kappa shape index (κ1) is 13.6. The topological polar surface area (TPSA) is 35.2 Å². The Morgan fingerprint density at radius 3 is 2.58 bits per heavy atom. The van der Waals surface area contributed by atoms with Crippen LogP contribution >= 0.6 is 11.6 Å². The van der Waals surface area contributed by atoms with Crippen molar-refractivity contribution in [1.82, 2.24) is 0 Å². The Morgan fingerprint density at radius 1 is 1.16 bits per heavy atom. The van der Waals surface area contributed by atoms with Gasteiger partial charge >= 0.3 is 0 Å². The smallest absolute Gasteiger partial charge is 0.167 e. The van der Waals surface area contributed by atoms with Crippen LogP contribution in [0.15, 0.2) is 30.3 Å². The number of hydrogen-bond donors (Lipinski definition) is 1. The van der Waals surface area contributed by atoms with Gasteiger partial charge in [-0.3, -0.25) is 0 Å². The lowest BCUT2D eigenvalue weighted by molar-refractivity contribution is 0.284. The second-order valence-corrected chi connectivity index (χ2v) is 4.60. The second-order valence-electron chi connectivity index (χ2n) is 4.16. The summed E-state index contributed by atoms with van der Waals surface area (Å²) in [5.41, 5.74) is 6.92. The van der Waals surface area contributed by atoms with Crippen LogP contribution in [0, 0.1) is 18.6 Å². The Labute approximate surface area is 114 Å². The molecule has 2 N–H and O–H groups in total. The Kier molecular flexibility index (Phi) is 3.90. The Morgan fingerprint density at radius 2 is 1.89 bits per heavy atom. The predicted molar refractivity (Wildman–Crippen MR) is 71.3 cm³/mol. The van der Waals surface area contributed by atoms with Crippen LogP contribution in [0.1, 0.15) is 11.1 Å². The SMILES string of the molecule is Cc1cc(OCc2ccc(Cl)cc2F)c(F)cc1N. The molecule has 0 saturated carbocycles. The Balaban J connectivity index is 2.16. The maximum atomic E-state index is 13.6. The van der Waals surface area contributed by atoms with Crippen LogP contribution in [0.3, 0.4) is 0 Å². The molecule has 0 heterocycles. The van der Waals surface area contributed by atoms with Crippen molar-refractivity contribution in [2.75, 3.05) is 5.73 Å². The van der Waals surface area contributed by atoms with Gasteiger partial charge in [-0.2, -0.15) is 0 Å². The molecular formula is C14H12ClF2NO. The minimum atomic E-state index is -0.572. The monoisotopic (exact) mass is 283 g/mol. The van der Waals surface area contributed by atoms with Crippen LogP contribution in [-0.4, -0.2) is 0 Å². The molecule has 0 spiro atoms. The van der Waals surface area contributed by atoms with E-state index in [1.807, 2.05) is 0 Å². The zero-order valence-corrected chi connectivity index (χ0v) is 11.0. The quantitative estimate of drug-likeness (QED) is 0.861. The first-order valence-electron chi connectivity index (χ1n) is 5.59. The number of benzene rings is 2. The van der Waals surface area contributed by atoms with Crippen molar-refractivity contribution in [3.05, 3.63) is 58.1 Å². The fraction of sp³-hybridized carbons (Fsp3) is 0.143. The van der Waals surface area contributed by atoms with E-state index >= 15 is 0 Å². The van der Waals surface area contributed by atoms with Crippen LogP contribution in [0.4, 0.5) is 14.5 Å². The molecule has 2 aromatic rings. The third kappa shape index (κ3) is 3.15. The maximum Gasteiger partial charge on any atom is 0.167 e. The molecule has 0 bridgehead atoms. The highest BCUT2D eigenvalue weighted by Crippen LogP contribution is 2.25. The van der Waals surface area contributed by atoms with Crippen molar-refractivity contribution in [3.8, 4) is 5.75 Å². The molecule has 19 heavy (non-hydrogen) atoms. The number of aryl methyl sites for hydroxylation is 1. The summed E-state index contributed by atoms with van der Waals surface area (Å²) in [5, 5.41) is 0.302. The van der Waals surface area contributed by atoms with Crippen molar-refractivity contribution in [2.45, 2.75) is 13.5 Å². The van der Waals surface area contributed by atoms with E-state index in [0.29, 0.717) is 21.8 Å². The van der Waals surface area contributed by atoms with Crippen LogP contribution in [0.25, 0.3) is 0 Å². The predicted octanol–water partition coefficient (Wildman–Crippen LogP) is 4.09. The first-order valence-corrected chi connectivity index (χ1v) is 5.97. The molecule has 0 aliphatic heterocycles. The molecule has 2 nitrogen and oxygen atoms in total. The van der Waals surface area contributed by atoms with Gasteiger partial charge in [0.15, 0.2) is 11.6 Å². The lowest BCUT2D eigenvalue weighted by Gasteiger charge is -2.10. The van der Waals surface area contributed by atoms with Gasteiger partial charge in [0.2, 0.25) is 0 Å². The van der Waals surface area contributed by atoms with Gasteiger partial charge in [0.1, 0.15) is 12.4 Å². The highest BCUT2D eigenvalue weighted by Gasteiger charge is 2.09. The van der Waals surface area contributed by atoms with E-state index < -0.39 is 11.6 Å². The minimum absolute atomic E-state index is 0.0426. The molecule has 0 aliphatic rings. The van der Waals surface area contributed by atoms with E-state index in [4.69, 9.17) is 22.1 Å². The molecule has 0 atom stereocenters. The van der Waals surface area contributed by atoms with Crippen molar-refractivity contribution >= 4 is 17.3 Å².